The molecule has 0 bridgehead atoms. The number of rotatable bonds is 2. The van der Waals surface area contributed by atoms with E-state index in [0.29, 0.717) is 5.69 Å². The lowest BCUT2D eigenvalue weighted by molar-refractivity contribution is -0.385. The van der Waals surface area contributed by atoms with E-state index in [0.717, 1.165) is 18.9 Å². The van der Waals surface area contributed by atoms with Crippen LogP contribution in [0.25, 0.3) is 0 Å². The van der Waals surface area contributed by atoms with Crippen LogP contribution in [0.2, 0.25) is 0 Å². The summed E-state index contributed by atoms with van der Waals surface area (Å²) in [5.74, 6) is 0.764. The van der Waals surface area contributed by atoms with E-state index in [-0.39, 0.29) is 11.7 Å². The molecular formula is C9H12N4O2. The largest absolute Gasteiger partial charge is 0.353 e. The second kappa shape index (κ2) is 3.47. The van der Waals surface area contributed by atoms with Crippen molar-refractivity contribution in [3.8, 4) is 0 Å². The van der Waals surface area contributed by atoms with E-state index in [1.54, 1.807) is 13.0 Å². The van der Waals surface area contributed by atoms with Crippen molar-refractivity contribution in [1.29, 1.82) is 0 Å². The average Bonchev–Trinajstić information content (AvgIpc) is 2.12. The van der Waals surface area contributed by atoms with Crippen LogP contribution in [0.4, 0.5) is 11.5 Å². The van der Waals surface area contributed by atoms with Crippen LogP contribution >= 0.6 is 0 Å². The third-order valence-electron chi connectivity index (χ3n) is 2.47. The molecule has 6 nitrogen and oxygen atoms in total. The molecule has 2 heterocycles. The van der Waals surface area contributed by atoms with Gasteiger partial charge in [0.2, 0.25) is 0 Å². The molecule has 1 aliphatic heterocycles. The first kappa shape index (κ1) is 9.85. The minimum absolute atomic E-state index is 0.0589. The van der Waals surface area contributed by atoms with Gasteiger partial charge in [0.05, 0.1) is 4.92 Å². The van der Waals surface area contributed by atoms with Crippen molar-refractivity contribution < 1.29 is 4.92 Å². The van der Waals surface area contributed by atoms with E-state index >= 15 is 0 Å². The number of hydrogen-bond donors (Lipinski definition) is 1. The molecule has 1 aromatic heterocycles. The van der Waals surface area contributed by atoms with E-state index in [9.17, 15) is 10.1 Å². The molecule has 0 atom stereocenters. The predicted octanol–water partition coefficient (Wildman–Crippen LogP) is 0.446. The highest BCUT2D eigenvalue weighted by Crippen LogP contribution is 2.22. The monoisotopic (exact) mass is 208 g/mol. The van der Waals surface area contributed by atoms with Crippen molar-refractivity contribution in [1.82, 2.24) is 4.98 Å². The van der Waals surface area contributed by atoms with Crippen LogP contribution in [0, 0.1) is 17.0 Å². The molecule has 2 N–H and O–H groups in total. The highest BCUT2D eigenvalue weighted by atomic mass is 16.6. The van der Waals surface area contributed by atoms with E-state index in [1.165, 1.54) is 6.07 Å². The van der Waals surface area contributed by atoms with Crippen LogP contribution in [-0.2, 0) is 0 Å². The van der Waals surface area contributed by atoms with Gasteiger partial charge in [0.1, 0.15) is 11.5 Å². The summed E-state index contributed by atoms with van der Waals surface area (Å²) in [4.78, 5) is 16.3. The van der Waals surface area contributed by atoms with Gasteiger partial charge < -0.3 is 10.6 Å². The molecular weight excluding hydrogens is 196 g/mol. The molecule has 0 amide bonds. The third kappa shape index (κ3) is 1.75. The number of pyridine rings is 1. The van der Waals surface area contributed by atoms with Gasteiger partial charge in [-0.2, -0.15) is 0 Å². The molecule has 6 heteroatoms. The Balaban J connectivity index is 2.22. The predicted molar refractivity (Wildman–Crippen MR) is 55.8 cm³/mol. The smallest absolute Gasteiger partial charge is 0.290 e. The first-order chi connectivity index (χ1) is 7.08. The Hall–Kier alpha value is -1.69. The summed E-state index contributed by atoms with van der Waals surface area (Å²) in [6.45, 7) is 3.18. The van der Waals surface area contributed by atoms with E-state index < -0.39 is 4.92 Å². The second-order valence-corrected chi connectivity index (χ2v) is 3.70. The fourth-order valence-corrected chi connectivity index (χ4v) is 1.61. The van der Waals surface area contributed by atoms with Gasteiger partial charge in [-0.05, 0) is 13.0 Å². The minimum atomic E-state index is -0.423. The van der Waals surface area contributed by atoms with Crippen LogP contribution in [0.5, 0.6) is 0 Å². The summed E-state index contributed by atoms with van der Waals surface area (Å²) in [6, 6.07) is 3.35. The zero-order valence-electron chi connectivity index (χ0n) is 8.38. The zero-order valence-corrected chi connectivity index (χ0v) is 8.38. The summed E-state index contributed by atoms with van der Waals surface area (Å²) >= 11 is 0. The molecule has 0 spiro atoms. The van der Waals surface area contributed by atoms with E-state index in [1.807, 2.05) is 4.90 Å². The van der Waals surface area contributed by atoms with Crippen molar-refractivity contribution in [2.24, 2.45) is 5.73 Å². The summed E-state index contributed by atoms with van der Waals surface area (Å²) in [6.07, 6.45) is 0. The number of aryl methyl sites for hydroxylation is 1. The molecule has 80 valence electrons. The molecule has 1 fully saturated rings. The first-order valence-electron chi connectivity index (χ1n) is 4.70. The number of anilines is 1. The number of aromatic nitrogens is 1. The van der Waals surface area contributed by atoms with E-state index in [4.69, 9.17) is 5.73 Å². The van der Waals surface area contributed by atoms with Crippen LogP contribution in [-0.4, -0.2) is 29.0 Å². The Labute approximate surface area is 86.9 Å². The highest BCUT2D eigenvalue weighted by Gasteiger charge is 2.25. The van der Waals surface area contributed by atoms with Gasteiger partial charge in [0.25, 0.3) is 5.69 Å². The topological polar surface area (TPSA) is 85.3 Å². The second-order valence-electron chi connectivity index (χ2n) is 3.70. The maximum atomic E-state index is 10.6. The van der Waals surface area contributed by atoms with Crippen LogP contribution < -0.4 is 10.6 Å². The van der Waals surface area contributed by atoms with Crippen LogP contribution in [0.3, 0.4) is 0 Å². The van der Waals surface area contributed by atoms with Gasteiger partial charge in [-0.1, -0.05) is 0 Å². The fourth-order valence-electron chi connectivity index (χ4n) is 1.61. The van der Waals surface area contributed by atoms with Gasteiger partial charge in [-0.25, -0.2) is 4.98 Å². The molecule has 1 aliphatic rings. The van der Waals surface area contributed by atoms with Crippen molar-refractivity contribution in [2.75, 3.05) is 18.0 Å². The minimum Gasteiger partial charge on any atom is -0.353 e. The van der Waals surface area contributed by atoms with E-state index in [2.05, 4.69) is 4.98 Å². The van der Waals surface area contributed by atoms with Gasteiger partial charge in [-0.3, -0.25) is 10.1 Å². The normalized spacial score (nSPS) is 16.3. The molecule has 0 radical (unpaired) electrons. The fraction of sp³-hybridized carbons (Fsp3) is 0.444. The number of nitro groups is 1. The number of nitrogens with two attached hydrogens (primary N) is 1. The Morgan fingerprint density at radius 3 is 2.73 bits per heavy atom. The van der Waals surface area contributed by atoms with Gasteiger partial charge >= 0.3 is 0 Å². The molecule has 1 saturated heterocycles. The number of nitrogens with zero attached hydrogens (tertiary/aromatic N) is 3. The van der Waals surface area contributed by atoms with Gasteiger partial charge in [0, 0.05) is 25.2 Å². The van der Waals surface area contributed by atoms with Crippen molar-refractivity contribution in [3.05, 3.63) is 27.9 Å². The Morgan fingerprint density at radius 2 is 2.27 bits per heavy atom. The molecule has 0 aliphatic carbocycles. The summed E-state index contributed by atoms with van der Waals surface area (Å²) in [5.41, 5.74) is 6.15. The highest BCUT2D eigenvalue weighted by molar-refractivity contribution is 5.48. The lowest BCUT2D eigenvalue weighted by atomic mass is 10.1. The van der Waals surface area contributed by atoms with Crippen LogP contribution in [0.15, 0.2) is 12.1 Å². The molecule has 0 aromatic carbocycles. The maximum Gasteiger partial charge on any atom is 0.290 e. The SMILES string of the molecule is Cc1nc(N2CC(N)C2)ccc1[N+](=O)[O-]. The Kier molecular flexibility index (Phi) is 2.28. The number of hydrogen-bond acceptors (Lipinski definition) is 5. The van der Waals surface area contributed by atoms with Crippen molar-refractivity contribution in [3.63, 3.8) is 0 Å². The molecule has 2 rings (SSSR count). The summed E-state index contributed by atoms with van der Waals surface area (Å²) < 4.78 is 0. The molecule has 0 unspecified atom stereocenters. The molecule has 0 saturated carbocycles. The molecule has 1 aromatic rings. The lowest BCUT2D eigenvalue weighted by Gasteiger charge is -2.37. The van der Waals surface area contributed by atoms with Crippen molar-refractivity contribution >= 4 is 11.5 Å². The quantitative estimate of drug-likeness (QED) is 0.563. The lowest BCUT2D eigenvalue weighted by Crippen LogP contribution is -2.56. The van der Waals surface area contributed by atoms with Gasteiger partial charge in [-0.15, -0.1) is 0 Å². The Bertz CT molecular complexity index is 401. The first-order valence-corrected chi connectivity index (χ1v) is 4.70. The van der Waals surface area contributed by atoms with Crippen LogP contribution in [0.1, 0.15) is 5.69 Å². The van der Waals surface area contributed by atoms with Gasteiger partial charge in [0.15, 0.2) is 0 Å². The zero-order chi connectivity index (χ0) is 11.0. The maximum absolute atomic E-state index is 10.6. The third-order valence-corrected chi connectivity index (χ3v) is 2.47. The average molecular weight is 208 g/mol. The molecule has 15 heavy (non-hydrogen) atoms. The Morgan fingerprint density at radius 1 is 1.60 bits per heavy atom. The summed E-state index contributed by atoms with van der Waals surface area (Å²) in [5, 5.41) is 10.6. The summed E-state index contributed by atoms with van der Waals surface area (Å²) in [7, 11) is 0. The standard InChI is InChI=1S/C9H12N4O2/c1-6-8(13(14)15)2-3-9(11-6)12-4-7(10)5-12/h2-3,7H,4-5,10H2,1H3. The van der Waals surface area contributed by atoms with Crippen molar-refractivity contribution in [2.45, 2.75) is 13.0 Å².